The molecule has 8 nitrogen and oxygen atoms in total. The number of allylic oxidation sites excluding steroid dienone is 3. The molecule has 2 aromatic rings. The standard InChI is InChI=1S/C31H37NO7/c1-7-8-13-39-31(34)28-18(2)32-23-14-20(19-9-11-26(37-5)27(16-19)38-6)15-24(33)30(23)29(28)22-17-21(35-3)10-12-25(22)36-4/h9-12,16-17,20,29,32H,7-8,13-15H2,1-6H3/t20-,29+/m1/s1. The second-order valence-corrected chi connectivity index (χ2v) is 9.73. The van der Waals surface area contributed by atoms with Crippen molar-refractivity contribution in [2.75, 3.05) is 35.0 Å². The van der Waals surface area contributed by atoms with E-state index < -0.39 is 11.9 Å². The summed E-state index contributed by atoms with van der Waals surface area (Å²) in [4.78, 5) is 27.4. The monoisotopic (exact) mass is 535 g/mol. The summed E-state index contributed by atoms with van der Waals surface area (Å²) in [6.45, 7) is 4.21. The summed E-state index contributed by atoms with van der Waals surface area (Å²) in [6, 6.07) is 11.2. The highest BCUT2D eigenvalue weighted by Crippen LogP contribution is 2.49. The number of dihydropyridines is 1. The van der Waals surface area contributed by atoms with Crippen LogP contribution in [-0.2, 0) is 14.3 Å². The van der Waals surface area contributed by atoms with E-state index in [1.807, 2.05) is 38.1 Å². The molecule has 208 valence electrons. The van der Waals surface area contributed by atoms with Crippen LogP contribution in [0.4, 0.5) is 0 Å². The Hall–Kier alpha value is -3.94. The molecule has 0 saturated heterocycles. The van der Waals surface area contributed by atoms with Crippen LogP contribution in [0.3, 0.4) is 0 Å². The number of carbonyl (C=O) groups is 2. The van der Waals surface area contributed by atoms with E-state index in [0.29, 0.717) is 58.4 Å². The molecular weight excluding hydrogens is 498 g/mol. The number of carbonyl (C=O) groups excluding carboxylic acids is 2. The quantitative estimate of drug-likeness (QED) is 0.318. The number of hydrogen-bond acceptors (Lipinski definition) is 8. The van der Waals surface area contributed by atoms with Crippen molar-refractivity contribution in [1.82, 2.24) is 5.32 Å². The van der Waals surface area contributed by atoms with Crippen LogP contribution >= 0.6 is 0 Å². The maximum atomic E-state index is 14.0. The van der Waals surface area contributed by atoms with Gasteiger partial charge in [-0.05, 0) is 61.6 Å². The maximum absolute atomic E-state index is 14.0. The molecule has 2 aliphatic rings. The largest absolute Gasteiger partial charge is 0.497 e. The third-order valence-electron chi connectivity index (χ3n) is 7.41. The van der Waals surface area contributed by atoms with Crippen molar-refractivity contribution in [3.63, 3.8) is 0 Å². The molecule has 0 bridgehead atoms. The molecule has 2 aromatic carbocycles. The predicted octanol–water partition coefficient (Wildman–Crippen LogP) is 5.43. The van der Waals surface area contributed by atoms with Crippen LogP contribution in [0.15, 0.2) is 58.9 Å². The van der Waals surface area contributed by atoms with E-state index >= 15 is 0 Å². The number of nitrogens with one attached hydrogen (secondary N) is 1. The Morgan fingerprint density at radius 3 is 2.31 bits per heavy atom. The third kappa shape index (κ3) is 5.60. The lowest BCUT2D eigenvalue weighted by atomic mass is 9.71. The fraction of sp³-hybridized carbons (Fsp3) is 0.419. The van der Waals surface area contributed by atoms with Crippen LogP contribution in [0.25, 0.3) is 0 Å². The van der Waals surface area contributed by atoms with Crippen molar-refractivity contribution in [3.05, 3.63) is 70.1 Å². The first kappa shape index (κ1) is 28.1. The molecule has 1 aliphatic heterocycles. The number of esters is 1. The van der Waals surface area contributed by atoms with Crippen LogP contribution < -0.4 is 24.3 Å². The summed E-state index contributed by atoms with van der Waals surface area (Å²) in [5, 5.41) is 3.40. The molecule has 2 atom stereocenters. The molecule has 0 fully saturated rings. The van der Waals surface area contributed by atoms with E-state index in [2.05, 4.69) is 5.32 Å². The average molecular weight is 536 g/mol. The molecule has 8 heteroatoms. The Kier molecular flexibility index (Phi) is 8.84. The zero-order chi connectivity index (χ0) is 28.1. The van der Waals surface area contributed by atoms with Crippen LogP contribution in [-0.4, -0.2) is 46.8 Å². The Morgan fingerprint density at radius 1 is 0.923 bits per heavy atom. The maximum Gasteiger partial charge on any atom is 0.336 e. The summed E-state index contributed by atoms with van der Waals surface area (Å²) >= 11 is 0. The van der Waals surface area contributed by atoms with Gasteiger partial charge in [0.15, 0.2) is 17.3 Å². The van der Waals surface area contributed by atoms with E-state index in [1.165, 1.54) is 0 Å². The topological polar surface area (TPSA) is 92.3 Å². The van der Waals surface area contributed by atoms with Gasteiger partial charge in [0.05, 0.1) is 46.5 Å². The highest BCUT2D eigenvalue weighted by atomic mass is 16.5. The summed E-state index contributed by atoms with van der Waals surface area (Å²) in [5.74, 6) is 1.22. The lowest BCUT2D eigenvalue weighted by Crippen LogP contribution is -2.36. The number of unbranched alkanes of at least 4 members (excludes halogenated alkanes) is 1. The predicted molar refractivity (Wildman–Crippen MR) is 148 cm³/mol. The number of methoxy groups -OCH3 is 4. The first-order chi connectivity index (χ1) is 18.9. The van der Waals surface area contributed by atoms with Gasteiger partial charge in [-0.25, -0.2) is 4.79 Å². The Balaban J connectivity index is 1.81. The SMILES string of the molecule is CCCCOC(=O)C1=C(C)NC2=C(C(=O)C[C@H](c3ccc(OC)c(OC)c3)C2)[C@H]1c1cc(OC)ccc1OC. The molecule has 0 radical (unpaired) electrons. The highest BCUT2D eigenvalue weighted by molar-refractivity contribution is 6.04. The zero-order valence-electron chi connectivity index (χ0n) is 23.5. The Morgan fingerprint density at radius 2 is 1.64 bits per heavy atom. The van der Waals surface area contributed by atoms with Gasteiger partial charge in [-0.3, -0.25) is 4.79 Å². The summed E-state index contributed by atoms with van der Waals surface area (Å²) in [5.41, 5.74) is 4.09. The summed E-state index contributed by atoms with van der Waals surface area (Å²) in [7, 11) is 6.35. The van der Waals surface area contributed by atoms with E-state index in [-0.39, 0.29) is 18.1 Å². The molecule has 0 amide bonds. The molecule has 0 spiro atoms. The van der Waals surface area contributed by atoms with Crippen molar-refractivity contribution in [2.45, 2.75) is 51.4 Å². The fourth-order valence-corrected chi connectivity index (χ4v) is 5.42. The molecule has 1 heterocycles. The Labute approximate surface area is 229 Å². The van der Waals surface area contributed by atoms with Gasteiger partial charge in [0.2, 0.25) is 0 Å². The van der Waals surface area contributed by atoms with E-state index in [9.17, 15) is 9.59 Å². The van der Waals surface area contributed by atoms with Crippen LogP contribution in [0.2, 0.25) is 0 Å². The minimum Gasteiger partial charge on any atom is -0.497 e. The smallest absolute Gasteiger partial charge is 0.336 e. The van der Waals surface area contributed by atoms with E-state index in [1.54, 1.807) is 40.6 Å². The summed E-state index contributed by atoms with van der Waals surface area (Å²) in [6.07, 6.45) is 2.55. The normalized spacial score (nSPS) is 18.8. The summed E-state index contributed by atoms with van der Waals surface area (Å²) < 4.78 is 27.7. The van der Waals surface area contributed by atoms with Gasteiger partial charge in [-0.2, -0.15) is 0 Å². The molecular formula is C31H37NO7. The van der Waals surface area contributed by atoms with Gasteiger partial charge >= 0.3 is 5.97 Å². The van der Waals surface area contributed by atoms with Gasteiger partial charge in [-0.1, -0.05) is 19.4 Å². The first-order valence-corrected chi connectivity index (χ1v) is 13.2. The number of benzene rings is 2. The van der Waals surface area contributed by atoms with Crippen LogP contribution in [0, 0.1) is 0 Å². The molecule has 39 heavy (non-hydrogen) atoms. The molecule has 1 aliphatic carbocycles. The molecule has 4 rings (SSSR count). The molecule has 0 unspecified atom stereocenters. The average Bonchev–Trinajstić information content (AvgIpc) is 2.95. The van der Waals surface area contributed by atoms with Crippen molar-refractivity contribution in [2.24, 2.45) is 0 Å². The number of rotatable bonds is 10. The van der Waals surface area contributed by atoms with Crippen LogP contribution in [0.1, 0.15) is 62.5 Å². The fourth-order valence-electron chi connectivity index (χ4n) is 5.42. The highest BCUT2D eigenvalue weighted by Gasteiger charge is 2.42. The van der Waals surface area contributed by atoms with Gasteiger partial charge in [0, 0.05) is 29.0 Å². The van der Waals surface area contributed by atoms with Crippen molar-refractivity contribution < 1.29 is 33.3 Å². The van der Waals surface area contributed by atoms with Crippen molar-refractivity contribution >= 4 is 11.8 Å². The molecule has 0 saturated carbocycles. The molecule has 1 N–H and O–H groups in total. The third-order valence-corrected chi connectivity index (χ3v) is 7.41. The molecule has 0 aromatic heterocycles. The van der Waals surface area contributed by atoms with Gasteiger partial charge in [0.25, 0.3) is 0 Å². The zero-order valence-corrected chi connectivity index (χ0v) is 23.5. The minimum atomic E-state index is -0.653. The van der Waals surface area contributed by atoms with E-state index in [0.717, 1.165) is 24.1 Å². The second-order valence-electron chi connectivity index (χ2n) is 9.73. The van der Waals surface area contributed by atoms with Gasteiger partial charge in [-0.15, -0.1) is 0 Å². The van der Waals surface area contributed by atoms with Crippen molar-refractivity contribution in [1.29, 1.82) is 0 Å². The number of ether oxygens (including phenoxy) is 5. The Bertz CT molecular complexity index is 1310. The van der Waals surface area contributed by atoms with Gasteiger partial charge in [0.1, 0.15) is 11.5 Å². The van der Waals surface area contributed by atoms with E-state index in [4.69, 9.17) is 23.7 Å². The first-order valence-electron chi connectivity index (χ1n) is 13.2. The lowest BCUT2D eigenvalue weighted by molar-refractivity contribution is -0.139. The number of ketones is 1. The second kappa shape index (κ2) is 12.3. The van der Waals surface area contributed by atoms with Crippen LogP contribution in [0.5, 0.6) is 23.0 Å². The minimum absolute atomic E-state index is 0.0373. The number of Topliss-reactive ketones (excluding diaryl/α,β-unsaturated/α-hetero) is 1. The van der Waals surface area contributed by atoms with Gasteiger partial charge < -0.3 is 29.0 Å². The van der Waals surface area contributed by atoms with Crippen molar-refractivity contribution in [3.8, 4) is 23.0 Å². The number of hydrogen-bond donors (Lipinski definition) is 1. The lowest BCUT2D eigenvalue weighted by Gasteiger charge is -2.37.